The topological polar surface area (TPSA) is 281 Å². The van der Waals surface area contributed by atoms with Crippen LogP contribution in [-0.2, 0) is 71.5 Å². The van der Waals surface area contributed by atoms with Crippen LogP contribution in [0.15, 0.2) is 54.1 Å². The molecular formula is C63H87ClF3N5O15. The van der Waals surface area contributed by atoms with Crippen LogP contribution in [0.3, 0.4) is 0 Å². The highest BCUT2D eigenvalue weighted by molar-refractivity contribution is 6.35. The second-order valence-corrected chi connectivity index (χ2v) is 24.1. The van der Waals surface area contributed by atoms with Gasteiger partial charge in [0.2, 0.25) is 11.8 Å². The molecule has 2 saturated heterocycles. The van der Waals surface area contributed by atoms with Crippen LogP contribution in [0, 0.1) is 23.7 Å². The summed E-state index contributed by atoms with van der Waals surface area (Å²) in [6.07, 6.45) is -4.48. The smallest absolute Gasteiger partial charge is 0.416 e. The van der Waals surface area contributed by atoms with E-state index in [0.717, 1.165) is 17.7 Å². The molecule has 0 radical (unpaired) electrons. The third-order valence-corrected chi connectivity index (χ3v) is 17.1. The summed E-state index contributed by atoms with van der Waals surface area (Å²) in [6, 6.07) is 3.92. The van der Waals surface area contributed by atoms with Crippen molar-refractivity contribution in [2.24, 2.45) is 29.4 Å². The number of anilines is 2. The fourth-order valence-electron chi connectivity index (χ4n) is 11.3. The number of nitrogens with two attached hydrogens (primary N) is 1. The summed E-state index contributed by atoms with van der Waals surface area (Å²) >= 11 is 6.81. The number of nitrogens with zero attached hydrogens (tertiary/aromatic N) is 1. The minimum Gasteiger partial charge on any atom is -0.495 e. The molecule has 10 atom stereocenters. The number of Topliss-reactive ketones (excluding diaryl/α,β-unsaturated/α-hetero) is 2. The van der Waals surface area contributed by atoms with Gasteiger partial charge < -0.3 is 54.8 Å². The van der Waals surface area contributed by atoms with Crippen molar-refractivity contribution in [2.45, 2.75) is 199 Å². The number of carbonyl (C=O) groups is 8. The third kappa shape index (κ3) is 19.7. The van der Waals surface area contributed by atoms with E-state index in [0.29, 0.717) is 50.2 Å². The second kappa shape index (κ2) is 31.6. The lowest BCUT2D eigenvalue weighted by molar-refractivity contribution is -0.187. The van der Waals surface area contributed by atoms with Crippen LogP contribution < -0.4 is 31.3 Å². The number of alkyl halides is 3. The number of ether oxygens (including phenoxy) is 6. The Kier molecular flexibility index (Phi) is 25.8. The van der Waals surface area contributed by atoms with Crippen molar-refractivity contribution in [1.82, 2.24) is 10.6 Å². The van der Waals surface area contributed by atoms with Crippen molar-refractivity contribution < 1.29 is 85.1 Å². The molecule has 5 rings (SSSR count). The molecule has 0 saturated carbocycles. The lowest BCUT2D eigenvalue weighted by Gasteiger charge is -2.41. The molecule has 2 fully saturated rings. The molecule has 1 unspecified atom stereocenters. The quantitative estimate of drug-likeness (QED) is 0.0268. The third-order valence-electron chi connectivity index (χ3n) is 16.7. The van der Waals surface area contributed by atoms with Crippen LogP contribution in [-0.4, -0.2) is 128 Å². The van der Waals surface area contributed by atoms with Crippen LogP contribution in [0.1, 0.15) is 149 Å². The molecule has 0 aromatic heterocycles. The molecule has 2 aromatic rings. The summed E-state index contributed by atoms with van der Waals surface area (Å²) < 4.78 is 80.1. The molecule has 0 spiro atoms. The maximum absolute atomic E-state index is 15.1. The maximum Gasteiger partial charge on any atom is 0.416 e. The Morgan fingerprint density at radius 2 is 1.70 bits per heavy atom. The standard InChI is InChI=1S/C63H87ClF3N5O15/c1-12-40(13-2)58(78)84-37(6)19-14-15-20-43(73)31-44(35(3)4)57(77)71-46(21-17-25-69-59(68)79)48(74)29-41-23-24-42(30-45(41)63(65,66)67)70-60(80)86-52-32-53(75)72(9)47-27-39(28-49(82-10)55(47)64)26-36(5)18-16-22-51(83-11)62(81)33-50(85-54(76)34-62)38(7)56-61(52,8)87-56/h16,18,22-24,27-28,30,35,37-38,40,44,46,50-52,56,81H,12-15,17,19-21,25-26,29,31-34H2,1-11H3,(H,70,80)(H,71,77)(H3,68,69,79)/b22-16+,36-18+/t37?,38-,44+,46+,50+,51-,52+,56+,61+,62-/m1/s1. The Morgan fingerprint density at radius 3 is 2.33 bits per heavy atom. The van der Waals surface area contributed by atoms with E-state index in [9.17, 15) is 43.5 Å². The van der Waals surface area contributed by atoms with Crippen molar-refractivity contribution in [3.63, 3.8) is 0 Å². The van der Waals surface area contributed by atoms with E-state index in [1.807, 2.05) is 26.8 Å². The largest absolute Gasteiger partial charge is 0.495 e. The van der Waals surface area contributed by atoms with E-state index in [-0.39, 0.29) is 85.3 Å². The van der Waals surface area contributed by atoms with Crippen LogP contribution in [0.2, 0.25) is 5.02 Å². The predicted octanol–water partition coefficient (Wildman–Crippen LogP) is 9.85. The number of carbonyl (C=O) groups excluding carboxylic acids is 8. The molecular weight excluding hydrogens is 1160 g/mol. The van der Waals surface area contributed by atoms with Crippen molar-refractivity contribution >= 4 is 70.4 Å². The van der Waals surface area contributed by atoms with E-state index in [4.69, 9.17) is 45.8 Å². The Bertz CT molecular complexity index is 2860. The van der Waals surface area contributed by atoms with Gasteiger partial charge in [0.05, 0.1) is 55.4 Å². The fraction of sp³-hybridized carbons (Fsp3) is 0.619. The molecule has 3 heterocycles. The monoisotopic (exact) mass is 1250 g/mol. The molecule has 2 aromatic carbocycles. The number of allylic oxidation sites excluding steroid dienone is 3. The molecule has 482 valence electrons. The van der Waals surface area contributed by atoms with Gasteiger partial charge in [0, 0.05) is 63.9 Å². The minimum absolute atomic E-state index is 0.0274. The highest BCUT2D eigenvalue weighted by atomic mass is 35.5. The first kappa shape index (κ1) is 71.2. The lowest BCUT2D eigenvalue weighted by atomic mass is 9.78. The summed E-state index contributed by atoms with van der Waals surface area (Å²) in [7, 11) is 4.28. The number of hydrogen-bond acceptors (Lipinski definition) is 15. The van der Waals surface area contributed by atoms with Crippen molar-refractivity contribution in [3.05, 3.63) is 75.8 Å². The SMILES string of the molecule is CCC(CC)C(=O)OC(C)CCCCC(=O)C[C@H](C(=O)N[C@@H](CCCNC(N)=O)C(=O)Cc1ccc(NC(=O)O[C@H]2CC(=O)N(C)c3cc(cc(OC)c3Cl)C/C(C)=C/C=C/[C@@H](OC)[C@]3(O)CC(=O)O[C@@H](C3)[C@@H](C)[C@@H]3O[C@@]23C)cc1C(F)(F)F)C(C)C. The van der Waals surface area contributed by atoms with Crippen molar-refractivity contribution in [3.8, 4) is 5.75 Å². The number of fused-ring (bicyclic) bond motifs is 5. The summed E-state index contributed by atoms with van der Waals surface area (Å²) in [5, 5.41) is 19.5. The number of methoxy groups -OCH3 is 2. The summed E-state index contributed by atoms with van der Waals surface area (Å²) in [5.74, 6) is -5.20. The normalized spacial score (nSPS) is 24.5. The molecule has 0 aliphatic carbocycles. The number of rotatable bonds is 25. The highest BCUT2D eigenvalue weighted by Crippen LogP contribution is 2.50. The van der Waals surface area contributed by atoms with Crippen LogP contribution in [0.4, 0.5) is 34.1 Å². The number of esters is 2. The second-order valence-electron chi connectivity index (χ2n) is 23.7. The first-order valence-electron chi connectivity index (χ1n) is 29.7. The molecule has 4 bridgehead atoms. The number of nitrogens with one attached hydrogen (secondary N) is 3. The summed E-state index contributed by atoms with van der Waals surface area (Å²) in [6.45, 7) is 14.2. The number of primary amides is 1. The van der Waals surface area contributed by atoms with E-state index in [1.165, 1.54) is 26.2 Å². The highest BCUT2D eigenvalue weighted by Gasteiger charge is 2.64. The zero-order chi connectivity index (χ0) is 64.7. The molecule has 3 aliphatic heterocycles. The predicted molar refractivity (Wildman–Crippen MR) is 319 cm³/mol. The molecule has 6 N–H and O–H groups in total. The van der Waals surface area contributed by atoms with Gasteiger partial charge in [-0.2, -0.15) is 13.2 Å². The van der Waals surface area contributed by atoms with Gasteiger partial charge in [0.15, 0.2) is 5.78 Å². The van der Waals surface area contributed by atoms with Gasteiger partial charge in [-0.25, -0.2) is 9.59 Å². The Labute approximate surface area is 512 Å². The van der Waals surface area contributed by atoms with Gasteiger partial charge >= 0.3 is 30.2 Å². The fourth-order valence-corrected chi connectivity index (χ4v) is 11.6. The zero-order valence-corrected chi connectivity index (χ0v) is 52.5. The molecule has 5 amide bonds. The van der Waals surface area contributed by atoms with Crippen LogP contribution in [0.5, 0.6) is 5.75 Å². The average Bonchev–Trinajstić information content (AvgIpc) is 1.59. The number of benzene rings is 2. The van der Waals surface area contributed by atoms with Crippen LogP contribution >= 0.6 is 11.6 Å². The number of halogens is 4. The van der Waals surface area contributed by atoms with Gasteiger partial charge in [-0.15, -0.1) is 0 Å². The van der Waals surface area contributed by atoms with Crippen molar-refractivity contribution in [1.29, 1.82) is 0 Å². The first-order chi connectivity index (χ1) is 40.9. The molecule has 24 heteroatoms. The Balaban J connectivity index is 1.37. The molecule has 87 heavy (non-hydrogen) atoms. The first-order valence-corrected chi connectivity index (χ1v) is 30.1. The minimum atomic E-state index is -5.10. The number of hydrogen-bond donors (Lipinski definition) is 5. The molecule has 3 aliphatic rings. The zero-order valence-electron chi connectivity index (χ0n) is 51.7. The number of amides is 5. The average molecular weight is 1250 g/mol. The van der Waals surface area contributed by atoms with Gasteiger partial charge in [0.1, 0.15) is 46.1 Å². The Hall–Kier alpha value is -6.56. The maximum atomic E-state index is 15.1. The van der Waals surface area contributed by atoms with Crippen molar-refractivity contribution in [2.75, 3.05) is 38.0 Å². The number of urea groups is 1. The summed E-state index contributed by atoms with van der Waals surface area (Å²) in [5.41, 5.74) is 1.60. The molecule has 20 nitrogen and oxygen atoms in total. The van der Waals surface area contributed by atoms with Gasteiger partial charge in [-0.05, 0) is 113 Å². The van der Waals surface area contributed by atoms with Gasteiger partial charge in [-0.3, -0.25) is 34.1 Å². The van der Waals surface area contributed by atoms with E-state index >= 15 is 13.2 Å². The Morgan fingerprint density at radius 1 is 1.00 bits per heavy atom. The number of ketones is 2. The van der Waals surface area contributed by atoms with E-state index < -0.39 is 131 Å². The number of epoxide rings is 1. The van der Waals surface area contributed by atoms with Gasteiger partial charge in [0.25, 0.3) is 0 Å². The number of unbranched alkanes of at least 4 members (excludes halogenated alkanes) is 1. The van der Waals surface area contributed by atoms with Gasteiger partial charge in [-0.1, -0.05) is 76.1 Å². The summed E-state index contributed by atoms with van der Waals surface area (Å²) in [4.78, 5) is 108. The van der Waals surface area contributed by atoms with E-state index in [1.54, 1.807) is 58.9 Å². The van der Waals surface area contributed by atoms with Crippen LogP contribution in [0.25, 0.3) is 0 Å². The lowest BCUT2D eigenvalue weighted by Crippen LogP contribution is -2.53. The van der Waals surface area contributed by atoms with E-state index in [2.05, 4.69) is 16.0 Å². The number of aliphatic hydroxyl groups is 1.